The van der Waals surface area contributed by atoms with Crippen molar-refractivity contribution in [2.45, 2.75) is 24.5 Å². The minimum Gasteiger partial charge on any atom is -0.467 e. The fourth-order valence-corrected chi connectivity index (χ4v) is 4.53. The van der Waals surface area contributed by atoms with E-state index in [0.717, 1.165) is 22.6 Å². The average molecular weight is 445 g/mol. The van der Waals surface area contributed by atoms with Gasteiger partial charge in [0, 0.05) is 16.8 Å². The van der Waals surface area contributed by atoms with Gasteiger partial charge in [0.15, 0.2) is 16.8 Å². The number of Topliss-reactive ketones (excluding diaryl/α,β-unsaturated/α-hetero) is 1. The van der Waals surface area contributed by atoms with Crippen LogP contribution in [0, 0.1) is 0 Å². The van der Waals surface area contributed by atoms with E-state index in [1.165, 1.54) is 11.8 Å². The van der Waals surface area contributed by atoms with Crippen molar-refractivity contribution in [2.75, 3.05) is 11.1 Å². The summed E-state index contributed by atoms with van der Waals surface area (Å²) in [6, 6.07) is 18.9. The summed E-state index contributed by atoms with van der Waals surface area (Å²) in [6.45, 7) is 2.30. The first kappa shape index (κ1) is 20.3. The SMILES string of the molecule is CC1C(=O)Nc2ccc(C(=O)CSc3nnc(-c4ccccc4)n3Cc3ccco3)cc21. The monoisotopic (exact) mass is 444 g/mol. The van der Waals surface area contributed by atoms with E-state index < -0.39 is 0 Å². The number of benzene rings is 2. The molecule has 0 aliphatic carbocycles. The molecule has 1 unspecified atom stereocenters. The first-order valence-electron chi connectivity index (χ1n) is 10.2. The first-order valence-corrected chi connectivity index (χ1v) is 11.2. The maximum Gasteiger partial charge on any atom is 0.231 e. The van der Waals surface area contributed by atoms with Gasteiger partial charge in [0.1, 0.15) is 5.76 Å². The van der Waals surface area contributed by atoms with Gasteiger partial charge in [-0.15, -0.1) is 10.2 Å². The quantitative estimate of drug-likeness (QED) is 0.331. The minimum absolute atomic E-state index is 0.0295. The smallest absolute Gasteiger partial charge is 0.231 e. The molecule has 5 rings (SSSR count). The Labute approximate surface area is 188 Å². The number of aromatic nitrogens is 3. The minimum atomic E-state index is -0.254. The van der Waals surface area contributed by atoms with Crippen molar-refractivity contribution >= 4 is 29.1 Å². The molecule has 2 aromatic carbocycles. The zero-order valence-corrected chi connectivity index (χ0v) is 18.1. The molecule has 8 heteroatoms. The maximum atomic E-state index is 12.9. The fourth-order valence-electron chi connectivity index (χ4n) is 3.70. The molecular formula is C24H20N4O3S. The fraction of sp³-hybridized carbons (Fsp3) is 0.167. The van der Waals surface area contributed by atoms with E-state index in [9.17, 15) is 9.59 Å². The second kappa shape index (κ2) is 8.47. The summed E-state index contributed by atoms with van der Waals surface area (Å²) in [4.78, 5) is 24.8. The van der Waals surface area contributed by atoms with Crippen molar-refractivity contribution in [1.82, 2.24) is 14.8 Å². The Bertz CT molecular complexity index is 1280. The molecule has 1 amide bonds. The topological polar surface area (TPSA) is 90.0 Å². The van der Waals surface area contributed by atoms with Crippen LogP contribution in [-0.4, -0.2) is 32.2 Å². The number of carbonyl (C=O) groups excluding carboxylic acids is 2. The van der Waals surface area contributed by atoms with E-state index in [1.807, 2.05) is 60.0 Å². The van der Waals surface area contributed by atoms with Gasteiger partial charge in [-0.05, 0) is 42.8 Å². The molecule has 1 atom stereocenters. The van der Waals surface area contributed by atoms with Crippen LogP contribution >= 0.6 is 11.8 Å². The van der Waals surface area contributed by atoms with Crippen LogP contribution in [0.5, 0.6) is 0 Å². The van der Waals surface area contributed by atoms with Gasteiger partial charge in [0.25, 0.3) is 0 Å². The standard InChI is InChI=1S/C24H20N4O3S/c1-15-19-12-17(9-10-20(19)25-23(15)30)21(29)14-32-24-27-26-22(16-6-3-2-4-7-16)28(24)13-18-8-5-11-31-18/h2-12,15H,13-14H2,1H3,(H,25,30). The van der Waals surface area contributed by atoms with Crippen LogP contribution in [0.2, 0.25) is 0 Å². The third kappa shape index (κ3) is 3.85. The van der Waals surface area contributed by atoms with Crippen molar-refractivity contribution in [3.8, 4) is 11.4 Å². The highest BCUT2D eigenvalue weighted by Gasteiger charge is 2.27. The molecule has 160 valence electrons. The number of hydrogen-bond donors (Lipinski definition) is 1. The van der Waals surface area contributed by atoms with Gasteiger partial charge in [-0.2, -0.15) is 0 Å². The number of hydrogen-bond acceptors (Lipinski definition) is 6. The van der Waals surface area contributed by atoms with Gasteiger partial charge in [0.05, 0.1) is 24.5 Å². The maximum absolute atomic E-state index is 12.9. The summed E-state index contributed by atoms with van der Waals surface area (Å²) in [7, 11) is 0. The molecule has 3 heterocycles. The van der Waals surface area contributed by atoms with Crippen LogP contribution in [0.3, 0.4) is 0 Å². The van der Waals surface area contributed by atoms with E-state index in [2.05, 4.69) is 15.5 Å². The van der Waals surface area contributed by atoms with Crippen LogP contribution in [0.15, 0.2) is 76.5 Å². The number of furan rings is 1. The van der Waals surface area contributed by atoms with Crippen molar-refractivity contribution < 1.29 is 14.0 Å². The van der Waals surface area contributed by atoms with Crippen molar-refractivity contribution in [1.29, 1.82) is 0 Å². The van der Waals surface area contributed by atoms with Crippen LogP contribution in [0.25, 0.3) is 11.4 Å². The third-order valence-electron chi connectivity index (χ3n) is 5.47. The molecular weight excluding hydrogens is 424 g/mol. The Kier molecular flexibility index (Phi) is 5.36. The number of rotatable bonds is 7. The number of ketones is 1. The van der Waals surface area contributed by atoms with E-state index in [1.54, 1.807) is 18.4 Å². The van der Waals surface area contributed by atoms with Gasteiger partial charge in [0.2, 0.25) is 5.91 Å². The second-order valence-electron chi connectivity index (χ2n) is 7.56. The first-order chi connectivity index (χ1) is 15.6. The lowest BCUT2D eigenvalue weighted by Crippen LogP contribution is -2.08. The molecule has 0 saturated heterocycles. The molecule has 7 nitrogen and oxygen atoms in total. The summed E-state index contributed by atoms with van der Waals surface area (Å²) >= 11 is 1.34. The predicted octanol–water partition coefficient (Wildman–Crippen LogP) is 4.62. The third-order valence-corrected chi connectivity index (χ3v) is 6.43. The second-order valence-corrected chi connectivity index (χ2v) is 8.51. The zero-order valence-electron chi connectivity index (χ0n) is 17.3. The van der Waals surface area contributed by atoms with Gasteiger partial charge < -0.3 is 9.73 Å². The summed E-state index contributed by atoms with van der Waals surface area (Å²) in [5.41, 5.74) is 3.16. The normalized spacial score (nSPS) is 14.9. The summed E-state index contributed by atoms with van der Waals surface area (Å²) in [5.74, 6) is 1.37. The lowest BCUT2D eigenvalue weighted by atomic mass is 9.99. The largest absolute Gasteiger partial charge is 0.467 e. The van der Waals surface area contributed by atoms with E-state index in [0.29, 0.717) is 23.1 Å². The van der Waals surface area contributed by atoms with E-state index in [-0.39, 0.29) is 23.4 Å². The summed E-state index contributed by atoms with van der Waals surface area (Å²) < 4.78 is 7.48. The Hall–Kier alpha value is -3.65. The van der Waals surface area contributed by atoms with Crippen molar-refractivity contribution in [3.05, 3.63) is 83.8 Å². The van der Waals surface area contributed by atoms with Crippen molar-refractivity contribution in [2.24, 2.45) is 0 Å². The average Bonchev–Trinajstić information content (AvgIpc) is 3.54. The molecule has 4 aromatic rings. The van der Waals surface area contributed by atoms with Gasteiger partial charge in [-0.1, -0.05) is 42.1 Å². The molecule has 1 N–H and O–H groups in total. The highest BCUT2D eigenvalue weighted by Crippen LogP contribution is 2.33. The van der Waals surface area contributed by atoms with Gasteiger partial charge in [-0.25, -0.2) is 0 Å². The number of anilines is 1. The molecule has 2 aromatic heterocycles. The van der Waals surface area contributed by atoms with Crippen molar-refractivity contribution in [3.63, 3.8) is 0 Å². The van der Waals surface area contributed by atoms with Crippen LogP contribution in [0.4, 0.5) is 5.69 Å². The van der Waals surface area contributed by atoms with Crippen LogP contribution < -0.4 is 5.32 Å². The molecule has 1 aliphatic heterocycles. The Balaban J connectivity index is 1.38. The summed E-state index contributed by atoms with van der Waals surface area (Å²) in [5, 5.41) is 12.2. The molecule has 0 bridgehead atoms. The molecule has 32 heavy (non-hydrogen) atoms. The molecule has 0 radical (unpaired) electrons. The van der Waals surface area contributed by atoms with Crippen LogP contribution in [0.1, 0.15) is 34.5 Å². The molecule has 0 spiro atoms. The highest BCUT2D eigenvalue weighted by molar-refractivity contribution is 7.99. The Morgan fingerprint density at radius 2 is 1.97 bits per heavy atom. The van der Waals surface area contributed by atoms with Crippen LogP contribution in [-0.2, 0) is 11.3 Å². The number of fused-ring (bicyclic) bond motifs is 1. The number of thioether (sulfide) groups is 1. The highest BCUT2D eigenvalue weighted by atomic mass is 32.2. The molecule has 0 fully saturated rings. The lowest BCUT2D eigenvalue weighted by molar-refractivity contribution is -0.116. The van der Waals surface area contributed by atoms with E-state index in [4.69, 9.17) is 4.42 Å². The lowest BCUT2D eigenvalue weighted by Gasteiger charge is -2.09. The number of amides is 1. The zero-order chi connectivity index (χ0) is 22.1. The Morgan fingerprint density at radius 3 is 2.75 bits per heavy atom. The molecule has 1 aliphatic rings. The van der Waals surface area contributed by atoms with Gasteiger partial charge in [-0.3, -0.25) is 14.2 Å². The Morgan fingerprint density at radius 1 is 1.12 bits per heavy atom. The van der Waals surface area contributed by atoms with E-state index >= 15 is 0 Å². The predicted molar refractivity (Wildman–Crippen MR) is 122 cm³/mol. The van der Waals surface area contributed by atoms with Gasteiger partial charge >= 0.3 is 0 Å². The number of nitrogens with zero attached hydrogens (tertiary/aromatic N) is 3. The number of nitrogens with one attached hydrogen (secondary N) is 1. The summed E-state index contributed by atoms with van der Waals surface area (Å²) in [6.07, 6.45) is 1.63. The molecule has 0 saturated carbocycles. The number of carbonyl (C=O) groups is 2.